The first kappa shape index (κ1) is 17.7. The molecule has 3 aromatic rings. The van der Waals surface area contributed by atoms with Crippen LogP contribution in [0.3, 0.4) is 0 Å². The molecule has 0 aliphatic rings. The van der Waals surface area contributed by atoms with E-state index in [-0.39, 0.29) is 12.0 Å². The Kier molecular flexibility index (Phi) is 4.54. The van der Waals surface area contributed by atoms with Crippen molar-refractivity contribution in [2.45, 2.75) is 40.7 Å². The van der Waals surface area contributed by atoms with Gasteiger partial charge in [0.1, 0.15) is 11.3 Å². The van der Waals surface area contributed by atoms with Crippen LogP contribution in [0.4, 0.5) is 5.69 Å². The van der Waals surface area contributed by atoms with Gasteiger partial charge in [-0.05, 0) is 52.3 Å². The van der Waals surface area contributed by atoms with Gasteiger partial charge in [-0.1, -0.05) is 0 Å². The zero-order chi connectivity index (χ0) is 19.0. The number of aryl methyl sites for hydroxylation is 2. The van der Waals surface area contributed by atoms with E-state index in [9.17, 15) is 9.59 Å². The molecule has 26 heavy (non-hydrogen) atoms. The summed E-state index contributed by atoms with van der Waals surface area (Å²) in [6, 6.07) is 3.62. The Balaban J connectivity index is 1.86. The van der Waals surface area contributed by atoms with Crippen molar-refractivity contribution in [2.75, 3.05) is 5.32 Å². The number of nitrogens with one attached hydrogen (secondary N) is 2. The molecule has 0 spiro atoms. The highest BCUT2D eigenvalue weighted by Crippen LogP contribution is 2.21. The largest absolute Gasteiger partial charge is 0.459 e. The lowest BCUT2D eigenvalue weighted by molar-refractivity contribution is 0.0376. The summed E-state index contributed by atoms with van der Waals surface area (Å²) in [6.45, 7) is 8.97. The van der Waals surface area contributed by atoms with Crippen LogP contribution in [0.15, 0.2) is 24.5 Å². The average Bonchev–Trinajstić information content (AvgIpc) is 3.04. The summed E-state index contributed by atoms with van der Waals surface area (Å²) in [7, 11) is 0. The van der Waals surface area contributed by atoms with E-state index in [4.69, 9.17) is 4.74 Å². The number of anilines is 1. The fraction of sp³-hybridized carbons (Fsp3) is 0.316. The summed E-state index contributed by atoms with van der Waals surface area (Å²) in [5.41, 5.74) is 4.29. The van der Waals surface area contributed by atoms with Crippen LogP contribution in [0.25, 0.3) is 5.65 Å². The van der Waals surface area contributed by atoms with Gasteiger partial charge in [-0.15, -0.1) is 0 Å². The molecular formula is C19H22N4O3. The Labute approximate surface area is 151 Å². The quantitative estimate of drug-likeness (QED) is 0.703. The number of aromatic nitrogens is 3. The van der Waals surface area contributed by atoms with Gasteiger partial charge in [0.15, 0.2) is 0 Å². The molecular weight excluding hydrogens is 332 g/mol. The standard InChI is InChI=1S/C19H22N4O3/c1-10(2)26-19(25)16-12(4)17(21-13(16)5)18(24)22-14-6-7-15-20-11(3)8-23(15)9-14/h6-10,21H,1-5H3,(H,22,24). The third-order valence-electron chi connectivity index (χ3n) is 4.04. The molecule has 0 unspecified atom stereocenters. The van der Waals surface area contributed by atoms with Crippen molar-refractivity contribution in [3.63, 3.8) is 0 Å². The van der Waals surface area contributed by atoms with Crippen LogP contribution in [-0.2, 0) is 4.74 Å². The van der Waals surface area contributed by atoms with Gasteiger partial charge in [0.05, 0.1) is 23.0 Å². The number of ether oxygens (including phenoxy) is 1. The van der Waals surface area contributed by atoms with Gasteiger partial charge < -0.3 is 19.4 Å². The molecule has 0 aromatic carbocycles. The fourth-order valence-electron chi connectivity index (χ4n) is 2.94. The number of aromatic amines is 1. The Morgan fingerprint density at radius 3 is 2.62 bits per heavy atom. The molecule has 0 fully saturated rings. The molecule has 0 atom stereocenters. The highest BCUT2D eigenvalue weighted by molar-refractivity contribution is 6.06. The number of esters is 1. The van der Waals surface area contributed by atoms with Crippen molar-refractivity contribution >= 4 is 23.2 Å². The Morgan fingerprint density at radius 1 is 1.19 bits per heavy atom. The van der Waals surface area contributed by atoms with Gasteiger partial charge >= 0.3 is 5.97 Å². The molecule has 0 aliphatic heterocycles. The summed E-state index contributed by atoms with van der Waals surface area (Å²) < 4.78 is 7.11. The number of pyridine rings is 1. The van der Waals surface area contributed by atoms with Crippen LogP contribution in [0.5, 0.6) is 0 Å². The molecule has 2 N–H and O–H groups in total. The number of carbonyl (C=O) groups excluding carboxylic acids is 2. The van der Waals surface area contributed by atoms with Crippen molar-refractivity contribution in [1.82, 2.24) is 14.4 Å². The van der Waals surface area contributed by atoms with Crippen LogP contribution in [0.2, 0.25) is 0 Å². The van der Waals surface area contributed by atoms with Crippen molar-refractivity contribution in [1.29, 1.82) is 0 Å². The van der Waals surface area contributed by atoms with Gasteiger partial charge in [0.25, 0.3) is 5.91 Å². The molecule has 0 saturated heterocycles. The van der Waals surface area contributed by atoms with Crippen molar-refractivity contribution < 1.29 is 14.3 Å². The lowest BCUT2D eigenvalue weighted by atomic mass is 10.1. The normalized spacial score (nSPS) is 11.2. The highest BCUT2D eigenvalue weighted by Gasteiger charge is 2.23. The number of nitrogens with zero attached hydrogens (tertiary/aromatic N) is 2. The van der Waals surface area contributed by atoms with Crippen LogP contribution in [0, 0.1) is 20.8 Å². The molecule has 3 aromatic heterocycles. The van der Waals surface area contributed by atoms with Gasteiger partial charge in [-0.2, -0.15) is 0 Å². The predicted molar refractivity (Wildman–Crippen MR) is 98.7 cm³/mol. The first-order chi connectivity index (χ1) is 12.3. The summed E-state index contributed by atoms with van der Waals surface area (Å²) in [6.07, 6.45) is 3.46. The van der Waals surface area contributed by atoms with Crippen LogP contribution in [-0.4, -0.2) is 32.3 Å². The maximum atomic E-state index is 12.7. The Bertz CT molecular complexity index is 998. The lowest BCUT2D eigenvalue weighted by Crippen LogP contribution is -2.15. The molecule has 136 valence electrons. The number of H-pyrrole nitrogens is 1. The number of hydrogen-bond donors (Lipinski definition) is 2. The van der Waals surface area contributed by atoms with Crippen LogP contribution in [0.1, 0.15) is 51.6 Å². The fourth-order valence-corrected chi connectivity index (χ4v) is 2.94. The highest BCUT2D eigenvalue weighted by atomic mass is 16.5. The summed E-state index contributed by atoms with van der Waals surface area (Å²) in [4.78, 5) is 32.3. The number of rotatable bonds is 4. The molecule has 0 radical (unpaired) electrons. The monoisotopic (exact) mass is 354 g/mol. The molecule has 1 amide bonds. The topological polar surface area (TPSA) is 88.5 Å². The number of amides is 1. The minimum absolute atomic E-state index is 0.223. The minimum atomic E-state index is -0.430. The number of hydrogen-bond acceptors (Lipinski definition) is 4. The predicted octanol–water partition coefficient (Wildman–Crippen LogP) is 3.41. The maximum absolute atomic E-state index is 12.7. The third-order valence-corrected chi connectivity index (χ3v) is 4.04. The molecule has 3 rings (SSSR count). The van der Waals surface area contributed by atoms with E-state index >= 15 is 0 Å². The zero-order valence-electron chi connectivity index (χ0n) is 15.5. The Hall–Kier alpha value is -3.09. The first-order valence-corrected chi connectivity index (χ1v) is 8.43. The van der Waals surface area contributed by atoms with Crippen molar-refractivity contribution in [2.24, 2.45) is 0 Å². The number of fused-ring (bicyclic) bond motifs is 1. The van der Waals surface area contributed by atoms with Crippen LogP contribution >= 0.6 is 0 Å². The van der Waals surface area contributed by atoms with E-state index in [1.807, 2.05) is 23.6 Å². The maximum Gasteiger partial charge on any atom is 0.340 e. The molecule has 0 bridgehead atoms. The molecule has 3 heterocycles. The van der Waals surface area contributed by atoms with Gasteiger partial charge in [0.2, 0.25) is 0 Å². The molecule has 7 nitrogen and oxygen atoms in total. The first-order valence-electron chi connectivity index (χ1n) is 8.43. The molecule has 7 heteroatoms. The van der Waals surface area contributed by atoms with Gasteiger partial charge in [-0.25, -0.2) is 9.78 Å². The van der Waals surface area contributed by atoms with E-state index < -0.39 is 5.97 Å². The second kappa shape index (κ2) is 6.67. The second-order valence-corrected chi connectivity index (χ2v) is 6.60. The van der Waals surface area contributed by atoms with Crippen molar-refractivity contribution in [3.8, 4) is 0 Å². The third kappa shape index (κ3) is 3.33. The molecule has 0 aliphatic carbocycles. The SMILES string of the molecule is Cc1cn2cc(NC(=O)c3[nH]c(C)c(C(=O)OC(C)C)c3C)ccc2n1. The number of carbonyl (C=O) groups is 2. The lowest BCUT2D eigenvalue weighted by Gasteiger charge is -2.08. The van der Waals surface area contributed by atoms with E-state index in [1.54, 1.807) is 40.0 Å². The van der Waals surface area contributed by atoms with E-state index in [0.29, 0.717) is 28.2 Å². The van der Waals surface area contributed by atoms with E-state index in [2.05, 4.69) is 15.3 Å². The Morgan fingerprint density at radius 2 is 1.92 bits per heavy atom. The average molecular weight is 354 g/mol. The summed E-state index contributed by atoms with van der Waals surface area (Å²) in [5, 5.41) is 2.85. The van der Waals surface area contributed by atoms with Gasteiger partial charge in [-0.3, -0.25) is 4.79 Å². The zero-order valence-corrected chi connectivity index (χ0v) is 15.5. The van der Waals surface area contributed by atoms with E-state index in [1.165, 1.54) is 0 Å². The smallest absolute Gasteiger partial charge is 0.340 e. The van der Waals surface area contributed by atoms with Crippen LogP contribution < -0.4 is 5.32 Å². The van der Waals surface area contributed by atoms with Gasteiger partial charge in [0, 0.05) is 18.1 Å². The summed E-state index contributed by atoms with van der Waals surface area (Å²) >= 11 is 0. The minimum Gasteiger partial charge on any atom is -0.459 e. The van der Waals surface area contributed by atoms with Crippen molar-refractivity contribution in [3.05, 3.63) is 52.7 Å². The molecule has 0 saturated carbocycles. The second-order valence-electron chi connectivity index (χ2n) is 6.60. The summed E-state index contributed by atoms with van der Waals surface area (Å²) in [5.74, 6) is -0.744. The number of imidazole rings is 1. The van der Waals surface area contributed by atoms with E-state index in [0.717, 1.165) is 11.3 Å².